The number of nitrogens with two attached hydrogens (primary N) is 1. The van der Waals surface area contributed by atoms with Gasteiger partial charge in [0.15, 0.2) is 0 Å². The lowest BCUT2D eigenvalue weighted by Crippen LogP contribution is -2.32. The fourth-order valence-electron chi connectivity index (χ4n) is 0.861. The van der Waals surface area contributed by atoms with Crippen LogP contribution in [0.4, 0.5) is 0 Å². The summed E-state index contributed by atoms with van der Waals surface area (Å²) in [6, 6.07) is -0.186. The third-order valence-corrected chi connectivity index (χ3v) is 2.65. The molecule has 1 rings (SSSR count). The second-order valence-corrected chi connectivity index (χ2v) is 3.96. The third kappa shape index (κ3) is 2.55. The van der Waals surface area contributed by atoms with Gasteiger partial charge < -0.3 is 10.8 Å². The molecular weight excluding hydrogens is 172 g/mol. The van der Waals surface area contributed by atoms with Crippen molar-refractivity contribution in [1.29, 1.82) is 0 Å². The Balaban J connectivity index is 2.52. The van der Waals surface area contributed by atoms with Crippen molar-refractivity contribution < 1.29 is 5.11 Å². The number of thiazole rings is 1. The summed E-state index contributed by atoms with van der Waals surface area (Å²) in [5.41, 5.74) is 6.52. The van der Waals surface area contributed by atoms with E-state index in [1.54, 1.807) is 18.3 Å². The molecule has 0 saturated carbocycles. The number of aryl methyl sites for hydroxylation is 1. The lowest BCUT2D eigenvalue weighted by Gasteiger charge is -2.11. The van der Waals surface area contributed by atoms with Crippen molar-refractivity contribution in [1.82, 2.24) is 4.98 Å². The molecule has 0 aliphatic rings. The number of nitrogens with zero attached hydrogens (tertiary/aromatic N) is 1. The highest BCUT2D eigenvalue weighted by molar-refractivity contribution is 7.09. The Labute approximate surface area is 76.3 Å². The Hall–Kier alpha value is -0.450. The fourth-order valence-corrected chi connectivity index (χ4v) is 1.68. The van der Waals surface area contributed by atoms with Crippen molar-refractivity contribution in [2.45, 2.75) is 32.4 Å². The molecule has 0 spiro atoms. The van der Waals surface area contributed by atoms with Crippen molar-refractivity contribution in [3.63, 3.8) is 0 Å². The molecule has 1 aromatic heterocycles. The number of rotatable bonds is 3. The highest BCUT2D eigenvalue weighted by Crippen LogP contribution is 2.11. The monoisotopic (exact) mass is 186 g/mol. The van der Waals surface area contributed by atoms with Crippen LogP contribution in [0.1, 0.15) is 17.6 Å². The topological polar surface area (TPSA) is 59.1 Å². The molecule has 3 N–H and O–H groups in total. The molecule has 68 valence electrons. The van der Waals surface area contributed by atoms with Crippen molar-refractivity contribution in [3.05, 3.63) is 16.1 Å². The normalized spacial score (nSPS) is 16.0. The number of aliphatic hydroxyl groups excluding tert-OH is 1. The van der Waals surface area contributed by atoms with Gasteiger partial charge in [0.1, 0.15) is 0 Å². The maximum atomic E-state index is 9.43. The predicted octanol–water partition coefficient (Wildman–Crippen LogP) is 0.702. The van der Waals surface area contributed by atoms with Gasteiger partial charge in [-0.3, -0.25) is 0 Å². The minimum atomic E-state index is -0.476. The maximum absolute atomic E-state index is 9.43. The second kappa shape index (κ2) is 3.98. The molecule has 1 heterocycles. The predicted molar refractivity (Wildman–Crippen MR) is 50.2 cm³/mol. The molecule has 2 unspecified atom stereocenters. The summed E-state index contributed by atoms with van der Waals surface area (Å²) >= 11 is 1.57. The average molecular weight is 186 g/mol. The molecule has 0 amide bonds. The Morgan fingerprint density at radius 2 is 2.42 bits per heavy atom. The van der Waals surface area contributed by atoms with Crippen LogP contribution in [0, 0.1) is 6.92 Å². The van der Waals surface area contributed by atoms with E-state index in [9.17, 15) is 5.11 Å². The summed E-state index contributed by atoms with van der Waals surface area (Å²) in [5, 5.41) is 12.4. The van der Waals surface area contributed by atoms with Crippen LogP contribution in [-0.4, -0.2) is 22.2 Å². The third-order valence-electron chi connectivity index (χ3n) is 1.66. The van der Waals surface area contributed by atoms with Gasteiger partial charge in [-0.15, -0.1) is 11.3 Å². The smallest absolute Gasteiger partial charge is 0.0954 e. The standard InChI is InChI=1S/C8H14N2OS/c1-5-4-12-8(10-5)3-7(11)6(2)9/h4,6-7,11H,3,9H2,1-2H3. The Bertz CT molecular complexity index is 247. The summed E-state index contributed by atoms with van der Waals surface area (Å²) in [4.78, 5) is 4.24. The molecule has 0 saturated heterocycles. The van der Waals surface area contributed by atoms with E-state index in [4.69, 9.17) is 5.73 Å². The van der Waals surface area contributed by atoms with Crippen molar-refractivity contribution in [3.8, 4) is 0 Å². The van der Waals surface area contributed by atoms with Crippen LogP contribution in [0.3, 0.4) is 0 Å². The second-order valence-electron chi connectivity index (χ2n) is 3.01. The van der Waals surface area contributed by atoms with E-state index in [1.165, 1.54) is 0 Å². The molecule has 3 nitrogen and oxygen atoms in total. The molecular formula is C8H14N2OS. The molecule has 12 heavy (non-hydrogen) atoms. The van der Waals surface area contributed by atoms with Crippen LogP contribution in [-0.2, 0) is 6.42 Å². The first-order chi connectivity index (χ1) is 5.59. The summed E-state index contributed by atoms with van der Waals surface area (Å²) in [6.45, 7) is 3.74. The zero-order valence-electron chi connectivity index (χ0n) is 7.32. The van der Waals surface area contributed by atoms with Gasteiger partial charge in [-0.2, -0.15) is 0 Å². The van der Waals surface area contributed by atoms with E-state index in [2.05, 4.69) is 4.98 Å². The van der Waals surface area contributed by atoms with Crippen LogP contribution in [0.5, 0.6) is 0 Å². The lowest BCUT2D eigenvalue weighted by molar-refractivity contribution is 0.151. The molecule has 0 bridgehead atoms. The van der Waals surface area contributed by atoms with Gasteiger partial charge in [0.2, 0.25) is 0 Å². The lowest BCUT2D eigenvalue weighted by atomic mass is 10.1. The van der Waals surface area contributed by atoms with E-state index in [-0.39, 0.29) is 6.04 Å². The average Bonchev–Trinajstić information content (AvgIpc) is 2.35. The summed E-state index contributed by atoms with van der Waals surface area (Å²) in [5.74, 6) is 0. The van der Waals surface area contributed by atoms with Crippen molar-refractivity contribution in [2.24, 2.45) is 5.73 Å². The summed E-state index contributed by atoms with van der Waals surface area (Å²) < 4.78 is 0. The highest BCUT2D eigenvalue weighted by Gasteiger charge is 2.11. The maximum Gasteiger partial charge on any atom is 0.0954 e. The minimum absolute atomic E-state index is 0.186. The Morgan fingerprint density at radius 3 is 2.83 bits per heavy atom. The van der Waals surface area contributed by atoms with Gasteiger partial charge in [-0.1, -0.05) is 0 Å². The van der Waals surface area contributed by atoms with Gasteiger partial charge >= 0.3 is 0 Å². The Morgan fingerprint density at radius 1 is 1.75 bits per heavy atom. The molecule has 0 aliphatic carbocycles. The number of hydrogen-bond donors (Lipinski definition) is 2. The van der Waals surface area contributed by atoms with Gasteiger partial charge in [-0.05, 0) is 13.8 Å². The van der Waals surface area contributed by atoms with E-state index in [0.29, 0.717) is 6.42 Å². The summed E-state index contributed by atoms with van der Waals surface area (Å²) in [6.07, 6.45) is 0.0893. The van der Waals surface area contributed by atoms with E-state index >= 15 is 0 Å². The van der Waals surface area contributed by atoms with Crippen LogP contribution in [0.15, 0.2) is 5.38 Å². The number of aliphatic hydroxyl groups is 1. The molecule has 0 aromatic carbocycles. The molecule has 0 fully saturated rings. The van der Waals surface area contributed by atoms with Crippen LogP contribution in [0.25, 0.3) is 0 Å². The van der Waals surface area contributed by atoms with Gasteiger partial charge in [0, 0.05) is 23.5 Å². The van der Waals surface area contributed by atoms with Crippen molar-refractivity contribution >= 4 is 11.3 Å². The first kappa shape index (κ1) is 9.64. The van der Waals surface area contributed by atoms with Crippen LogP contribution >= 0.6 is 11.3 Å². The molecule has 0 aliphatic heterocycles. The van der Waals surface area contributed by atoms with Gasteiger partial charge in [-0.25, -0.2) is 4.98 Å². The molecule has 4 heteroatoms. The van der Waals surface area contributed by atoms with Crippen molar-refractivity contribution in [2.75, 3.05) is 0 Å². The fraction of sp³-hybridized carbons (Fsp3) is 0.625. The van der Waals surface area contributed by atoms with Crippen LogP contribution in [0.2, 0.25) is 0 Å². The highest BCUT2D eigenvalue weighted by atomic mass is 32.1. The number of aromatic nitrogens is 1. The van der Waals surface area contributed by atoms with Crippen LogP contribution < -0.4 is 5.73 Å². The minimum Gasteiger partial charge on any atom is -0.391 e. The van der Waals surface area contributed by atoms with E-state index < -0.39 is 6.10 Å². The molecule has 1 aromatic rings. The quantitative estimate of drug-likeness (QED) is 0.730. The molecule has 2 atom stereocenters. The van der Waals surface area contributed by atoms with E-state index in [1.807, 2.05) is 12.3 Å². The number of hydrogen-bond acceptors (Lipinski definition) is 4. The Kier molecular flexibility index (Phi) is 3.20. The summed E-state index contributed by atoms with van der Waals surface area (Å²) in [7, 11) is 0. The molecule has 0 radical (unpaired) electrons. The van der Waals surface area contributed by atoms with Gasteiger partial charge in [0.05, 0.1) is 11.1 Å². The van der Waals surface area contributed by atoms with E-state index in [0.717, 1.165) is 10.7 Å². The zero-order valence-corrected chi connectivity index (χ0v) is 8.14. The largest absolute Gasteiger partial charge is 0.391 e. The van der Waals surface area contributed by atoms with Gasteiger partial charge in [0.25, 0.3) is 0 Å². The first-order valence-electron chi connectivity index (χ1n) is 3.94. The SMILES string of the molecule is Cc1csc(CC(O)C(C)N)n1. The zero-order chi connectivity index (χ0) is 9.14. The first-order valence-corrected chi connectivity index (χ1v) is 4.82.